The smallest absolute Gasteiger partial charge is 0.233 e. The summed E-state index contributed by atoms with van der Waals surface area (Å²) in [6.07, 6.45) is 3.33. The molecule has 4 heteroatoms. The van der Waals surface area contributed by atoms with Crippen LogP contribution in [0, 0.1) is 13.8 Å². The highest BCUT2D eigenvalue weighted by Crippen LogP contribution is 2.28. The average molecular weight is 295 g/mol. The number of aryl methyl sites for hydroxylation is 1. The minimum absolute atomic E-state index is 0.548. The molecule has 22 heavy (non-hydrogen) atoms. The molecule has 0 radical (unpaired) electrons. The van der Waals surface area contributed by atoms with Gasteiger partial charge in [-0.25, -0.2) is 0 Å². The Morgan fingerprint density at radius 1 is 1.09 bits per heavy atom. The Morgan fingerprint density at radius 3 is 2.59 bits per heavy atom. The van der Waals surface area contributed by atoms with Crippen LogP contribution in [0.3, 0.4) is 0 Å². The average Bonchev–Trinajstić information content (AvgIpc) is 2.58. The van der Waals surface area contributed by atoms with Crippen LogP contribution >= 0.6 is 0 Å². The zero-order valence-corrected chi connectivity index (χ0v) is 13.3. The molecule has 0 N–H and O–H groups in total. The van der Waals surface area contributed by atoms with E-state index in [0.717, 1.165) is 25.3 Å². The van der Waals surface area contributed by atoms with Crippen molar-refractivity contribution < 1.29 is 4.74 Å². The third kappa shape index (κ3) is 2.82. The SMILES string of the molecule is COc1ccc(N2CC=C(c3cccc(C)c3C)CC2)nn1. The molecule has 4 nitrogen and oxygen atoms in total. The molecule has 0 bridgehead atoms. The highest BCUT2D eigenvalue weighted by atomic mass is 16.5. The molecular weight excluding hydrogens is 274 g/mol. The van der Waals surface area contributed by atoms with Gasteiger partial charge in [-0.2, -0.15) is 0 Å². The molecule has 0 amide bonds. The zero-order chi connectivity index (χ0) is 15.5. The molecular formula is C18H21N3O. The van der Waals surface area contributed by atoms with Crippen molar-refractivity contribution in [2.45, 2.75) is 20.3 Å². The second-order valence-corrected chi connectivity index (χ2v) is 5.61. The van der Waals surface area contributed by atoms with Crippen LogP contribution in [0.4, 0.5) is 5.82 Å². The van der Waals surface area contributed by atoms with Crippen molar-refractivity contribution in [3.8, 4) is 5.88 Å². The Hall–Kier alpha value is -2.36. The number of rotatable bonds is 3. The largest absolute Gasteiger partial charge is 0.480 e. The van der Waals surface area contributed by atoms with Crippen molar-refractivity contribution in [2.24, 2.45) is 0 Å². The number of hydrogen-bond donors (Lipinski definition) is 0. The third-order valence-electron chi connectivity index (χ3n) is 4.32. The van der Waals surface area contributed by atoms with Gasteiger partial charge < -0.3 is 9.64 Å². The van der Waals surface area contributed by atoms with Gasteiger partial charge in [0.05, 0.1) is 7.11 Å². The number of methoxy groups -OCH3 is 1. The summed E-state index contributed by atoms with van der Waals surface area (Å²) in [7, 11) is 1.60. The van der Waals surface area contributed by atoms with Crippen molar-refractivity contribution in [3.63, 3.8) is 0 Å². The van der Waals surface area contributed by atoms with Crippen LogP contribution in [0.25, 0.3) is 5.57 Å². The Balaban J connectivity index is 1.77. The van der Waals surface area contributed by atoms with E-state index in [4.69, 9.17) is 4.74 Å². The molecule has 1 aliphatic heterocycles. The molecule has 0 unspecified atom stereocenters. The van der Waals surface area contributed by atoms with Gasteiger partial charge in [0.15, 0.2) is 5.82 Å². The van der Waals surface area contributed by atoms with Crippen LogP contribution in [0.15, 0.2) is 36.4 Å². The van der Waals surface area contributed by atoms with Crippen LogP contribution in [0.2, 0.25) is 0 Å². The summed E-state index contributed by atoms with van der Waals surface area (Å²) in [5, 5.41) is 8.27. The van der Waals surface area contributed by atoms with Crippen molar-refractivity contribution in [2.75, 3.05) is 25.1 Å². The maximum atomic E-state index is 5.05. The summed E-state index contributed by atoms with van der Waals surface area (Å²) in [6, 6.07) is 10.3. The normalized spacial score (nSPS) is 14.7. The maximum absolute atomic E-state index is 5.05. The summed E-state index contributed by atoms with van der Waals surface area (Å²) in [4.78, 5) is 2.24. The lowest BCUT2D eigenvalue weighted by Gasteiger charge is -2.27. The molecule has 3 rings (SSSR count). The lowest BCUT2D eigenvalue weighted by Crippen LogP contribution is -2.29. The van der Waals surface area contributed by atoms with Crippen molar-refractivity contribution in [3.05, 3.63) is 53.1 Å². The molecule has 0 saturated carbocycles. The van der Waals surface area contributed by atoms with Gasteiger partial charge >= 0.3 is 0 Å². The van der Waals surface area contributed by atoms with Crippen LogP contribution in [0.5, 0.6) is 5.88 Å². The number of hydrogen-bond acceptors (Lipinski definition) is 4. The van der Waals surface area contributed by atoms with Gasteiger partial charge in [-0.1, -0.05) is 24.3 Å². The third-order valence-corrected chi connectivity index (χ3v) is 4.32. The van der Waals surface area contributed by atoms with Crippen LogP contribution in [0.1, 0.15) is 23.1 Å². The first-order valence-corrected chi connectivity index (χ1v) is 7.57. The van der Waals surface area contributed by atoms with Gasteiger partial charge in [-0.05, 0) is 48.6 Å². The molecule has 114 valence electrons. The lowest BCUT2D eigenvalue weighted by atomic mass is 9.93. The van der Waals surface area contributed by atoms with E-state index in [1.807, 2.05) is 12.1 Å². The van der Waals surface area contributed by atoms with Gasteiger partial charge in [-0.3, -0.25) is 0 Å². The minimum Gasteiger partial charge on any atom is -0.480 e. The fraction of sp³-hybridized carbons (Fsp3) is 0.333. The van der Waals surface area contributed by atoms with Crippen molar-refractivity contribution >= 4 is 11.4 Å². The van der Waals surface area contributed by atoms with E-state index >= 15 is 0 Å². The number of nitrogens with zero attached hydrogens (tertiary/aromatic N) is 3. The molecule has 0 spiro atoms. The van der Waals surface area contributed by atoms with Gasteiger partial charge in [0, 0.05) is 19.2 Å². The molecule has 0 aliphatic carbocycles. The quantitative estimate of drug-likeness (QED) is 0.870. The minimum atomic E-state index is 0.548. The van der Waals surface area contributed by atoms with Gasteiger partial charge in [0.2, 0.25) is 5.88 Å². The number of ether oxygens (including phenoxy) is 1. The van der Waals surface area contributed by atoms with Crippen molar-refractivity contribution in [1.82, 2.24) is 10.2 Å². The first kappa shape index (κ1) is 14.6. The molecule has 1 aromatic carbocycles. The second kappa shape index (κ2) is 6.18. The summed E-state index contributed by atoms with van der Waals surface area (Å²) >= 11 is 0. The maximum Gasteiger partial charge on any atom is 0.233 e. The topological polar surface area (TPSA) is 38.2 Å². The van der Waals surface area contributed by atoms with E-state index in [1.54, 1.807) is 7.11 Å². The molecule has 0 fully saturated rings. The van der Waals surface area contributed by atoms with E-state index in [1.165, 1.54) is 22.3 Å². The number of aromatic nitrogens is 2. The predicted octanol–water partition coefficient (Wildman–Crippen LogP) is 3.40. The molecule has 0 atom stereocenters. The summed E-state index contributed by atoms with van der Waals surface area (Å²) < 4.78 is 5.05. The van der Waals surface area contributed by atoms with Gasteiger partial charge in [0.1, 0.15) is 0 Å². The van der Waals surface area contributed by atoms with E-state index in [-0.39, 0.29) is 0 Å². The Bertz CT molecular complexity index is 692. The monoisotopic (exact) mass is 295 g/mol. The fourth-order valence-electron chi connectivity index (χ4n) is 2.81. The molecule has 0 saturated heterocycles. The number of anilines is 1. The standard InChI is InChI=1S/C18H21N3O/c1-13-5-4-6-16(14(13)2)15-9-11-21(12-10-15)17-7-8-18(22-3)20-19-17/h4-9H,10-12H2,1-3H3. The Labute approximate surface area is 131 Å². The van der Waals surface area contributed by atoms with E-state index in [9.17, 15) is 0 Å². The predicted molar refractivity (Wildman–Crippen MR) is 89.3 cm³/mol. The fourth-order valence-corrected chi connectivity index (χ4v) is 2.81. The molecule has 2 aromatic rings. The van der Waals surface area contributed by atoms with E-state index in [2.05, 4.69) is 53.2 Å². The lowest BCUT2D eigenvalue weighted by molar-refractivity contribution is 0.392. The summed E-state index contributed by atoms with van der Waals surface area (Å²) in [6.45, 7) is 6.19. The van der Waals surface area contributed by atoms with Crippen LogP contribution < -0.4 is 9.64 Å². The Kier molecular flexibility index (Phi) is 4.09. The Morgan fingerprint density at radius 2 is 1.95 bits per heavy atom. The second-order valence-electron chi connectivity index (χ2n) is 5.61. The van der Waals surface area contributed by atoms with E-state index < -0.39 is 0 Å². The highest BCUT2D eigenvalue weighted by molar-refractivity contribution is 5.71. The van der Waals surface area contributed by atoms with Crippen molar-refractivity contribution in [1.29, 1.82) is 0 Å². The molecule has 1 aromatic heterocycles. The molecule has 1 aliphatic rings. The van der Waals surface area contributed by atoms with E-state index in [0.29, 0.717) is 5.88 Å². The van der Waals surface area contributed by atoms with Gasteiger partial charge in [0.25, 0.3) is 0 Å². The number of benzene rings is 1. The first-order chi connectivity index (χ1) is 10.7. The van der Waals surface area contributed by atoms with Gasteiger partial charge in [-0.15, -0.1) is 10.2 Å². The molecule has 2 heterocycles. The summed E-state index contributed by atoms with van der Waals surface area (Å²) in [5.74, 6) is 1.45. The van der Waals surface area contributed by atoms with Crippen LogP contribution in [-0.4, -0.2) is 30.4 Å². The highest BCUT2D eigenvalue weighted by Gasteiger charge is 2.16. The van der Waals surface area contributed by atoms with Crippen LogP contribution in [-0.2, 0) is 0 Å². The zero-order valence-electron chi connectivity index (χ0n) is 13.3. The summed E-state index contributed by atoms with van der Waals surface area (Å²) in [5.41, 5.74) is 5.53. The first-order valence-electron chi connectivity index (χ1n) is 7.57.